The lowest BCUT2D eigenvalue weighted by Crippen LogP contribution is -2.57. The molecule has 1 aliphatic carbocycles. The lowest BCUT2D eigenvalue weighted by molar-refractivity contribution is 0.223. The van der Waals surface area contributed by atoms with Crippen LogP contribution >= 0.6 is 0 Å². The van der Waals surface area contributed by atoms with Gasteiger partial charge < -0.3 is 5.73 Å². The summed E-state index contributed by atoms with van der Waals surface area (Å²) in [6, 6.07) is 0. The van der Waals surface area contributed by atoms with E-state index < -0.39 is 15.7 Å². The van der Waals surface area contributed by atoms with Crippen molar-refractivity contribution in [2.24, 2.45) is 16.8 Å². The van der Waals surface area contributed by atoms with E-state index in [-0.39, 0.29) is 0 Å². The molecule has 6 heteroatoms. The Balaban J connectivity index is 2.75. The molecule has 0 aromatic carbocycles. The summed E-state index contributed by atoms with van der Waals surface area (Å²) in [6.07, 6.45) is 3.69. The van der Waals surface area contributed by atoms with Crippen molar-refractivity contribution in [2.45, 2.75) is 38.1 Å². The Morgan fingerprint density at radius 2 is 2.21 bits per heavy atom. The minimum atomic E-state index is -3.65. The van der Waals surface area contributed by atoms with Gasteiger partial charge in [0, 0.05) is 12.1 Å². The van der Waals surface area contributed by atoms with Gasteiger partial charge in [0.2, 0.25) is 0 Å². The number of hydrogen-bond acceptors (Lipinski definition) is 3. The molecule has 0 aromatic rings. The molecule has 2 atom stereocenters. The summed E-state index contributed by atoms with van der Waals surface area (Å²) in [5, 5.41) is 4.98. The largest absolute Gasteiger partial charge is 0.329 e. The molecule has 0 aromatic heterocycles. The van der Waals surface area contributed by atoms with Crippen LogP contribution in [0.1, 0.15) is 32.6 Å². The third kappa shape index (κ3) is 3.20. The molecule has 5 nitrogen and oxygen atoms in total. The molecule has 0 aliphatic heterocycles. The maximum Gasteiger partial charge on any atom is 0.274 e. The smallest absolute Gasteiger partial charge is 0.274 e. The van der Waals surface area contributed by atoms with Crippen molar-refractivity contribution < 1.29 is 8.42 Å². The highest BCUT2D eigenvalue weighted by Crippen LogP contribution is 2.31. The zero-order chi connectivity index (χ0) is 10.8. The molecule has 5 N–H and O–H groups in total. The minimum absolute atomic E-state index is 0.313. The van der Waals surface area contributed by atoms with Gasteiger partial charge in [-0.05, 0) is 18.8 Å². The quantitative estimate of drug-likeness (QED) is 0.609. The molecule has 2 unspecified atom stereocenters. The first-order valence-electron chi connectivity index (χ1n) is 4.89. The fourth-order valence-electron chi connectivity index (χ4n) is 2.28. The first-order chi connectivity index (χ1) is 6.37. The second kappa shape index (κ2) is 4.14. The van der Waals surface area contributed by atoms with E-state index in [9.17, 15) is 8.42 Å². The van der Waals surface area contributed by atoms with E-state index in [4.69, 9.17) is 10.9 Å². The molecule has 0 spiro atoms. The molecule has 0 radical (unpaired) electrons. The van der Waals surface area contributed by atoms with Crippen molar-refractivity contribution >= 4 is 10.2 Å². The van der Waals surface area contributed by atoms with Crippen LogP contribution in [0, 0.1) is 5.92 Å². The standard InChI is InChI=1S/C8H19N3O2S/c1-7-3-2-4-8(5-7,6-9)11-14(10,12)13/h7,11H,2-6,9H2,1H3,(H2,10,12,13). The van der Waals surface area contributed by atoms with Gasteiger partial charge in [0.05, 0.1) is 0 Å². The molecule has 1 fully saturated rings. The number of hydrogen-bond donors (Lipinski definition) is 3. The molecule has 0 bridgehead atoms. The predicted octanol–water partition coefficient (Wildman–Crippen LogP) is -0.313. The van der Waals surface area contributed by atoms with Gasteiger partial charge in [-0.2, -0.15) is 13.1 Å². The van der Waals surface area contributed by atoms with Crippen LogP contribution < -0.4 is 15.6 Å². The van der Waals surface area contributed by atoms with Crippen molar-refractivity contribution in [3.63, 3.8) is 0 Å². The number of nitrogens with one attached hydrogen (secondary N) is 1. The Morgan fingerprint density at radius 3 is 2.64 bits per heavy atom. The van der Waals surface area contributed by atoms with Crippen LogP contribution in [-0.2, 0) is 10.2 Å². The average molecular weight is 221 g/mol. The van der Waals surface area contributed by atoms with Gasteiger partial charge in [0.25, 0.3) is 10.2 Å². The minimum Gasteiger partial charge on any atom is -0.329 e. The molecule has 14 heavy (non-hydrogen) atoms. The fourth-order valence-corrected chi connectivity index (χ4v) is 3.15. The molecular weight excluding hydrogens is 202 g/mol. The van der Waals surface area contributed by atoms with E-state index in [2.05, 4.69) is 11.6 Å². The maximum atomic E-state index is 11.0. The van der Waals surface area contributed by atoms with Crippen LogP contribution in [0.4, 0.5) is 0 Å². The van der Waals surface area contributed by atoms with Gasteiger partial charge in [-0.3, -0.25) is 0 Å². The van der Waals surface area contributed by atoms with Gasteiger partial charge in [0.15, 0.2) is 0 Å². The van der Waals surface area contributed by atoms with E-state index >= 15 is 0 Å². The van der Waals surface area contributed by atoms with Crippen LogP contribution in [0.5, 0.6) is 0 Å². The van der Waals surface area contributed by atoms with Crippen molar-refractivity contribution in [2.75, 3.05) is 6.54 Å². The van der Waals surface area contributed by atoms with E-state index in [1.807, 2.05) is 0 Å². The molecule has 0 amide bonds. The van der Waals surface area contributed by atoms with E-state index in [0.29, 0.717) is 12.5 Å². The number of nitrogens with two attached hydrogens (primary N) is 2. The predicted molar refractivity (Wildman–Crippen MR) is 55.7 cm³/mol. The van der Waals surface area contributed by atoms with Crippen molar-refractivity contribution in [3.8, 4) is 0 Å². The summed E-state index contributed by atoms with van der Waals surface area (Å²) in [6.45, 7) is 2.42. The van der Waals surface area contributed by atoms with Crippen molar-refractivity contribution in [3.05, 3.63) is 0 Å². The number of rotatable bonds is 3. The molecule has 1 saturated carbocycles. The van der Waals surface area contributed by atoms with Crippen LogP contribution in [0.15, 0.2) is 0 Å². The van der Waals surface area contributed by atoms with E-state index in [1.165, 1.54) is 0 Å². The van der Waals surface area contributed by atoms with Crippen molar-refractivity contribution in [1.82, 2.24) is 4.72 Å². The summed E-state index contributed by atoms with van der Waals surface area (Å²) < 4.78 is 24.4. The monoisotopic (exact) mass is 221 g/mol. The van der Waals surface area contributed by atoms with Gasteiger partial charge in [-0.1, -0.05) is 19.8 Å². The highest BCUT2D eigenvalue weighted by atomic mass is 32.2. The molecule has 1 aliphatic rings. The van der Waals surface area contributed by atoms with Crippen LogP contribution in [0.25, 0.3) is 0 Å². The highest BCUT2D eigenvalue weighted by Gasteiger charge is 2.36. The summed E-state index contributed by atoms with van der Waals surface area (Å²) >= 11 is 0. The fraction of sp³-hybridized carbons (Fsp3) is 1.00. The Bertz CT molecular complexity index is 291. The van der Waals surface area contributed by atoms with E-state index in [1.54, 1.807) is 0 Å². The SMILES string of the molecule is CC1CCCC(CN)(NS(N)(=O)=O)C1. The normalized spacial score (nSPS) is 34.4. The third-order valence-electron chi connectivity index (χ3n) is 2.84. The molecule has 0 heterocycles. The second-order valence-electron chi connectivity index (χ2n) is 4.33. The van der Waals surface area contributed by atoms with Crippen LogP contribution in [0.2, 0.25) is 0 Å². The zero-order valence-electron chi connectivity index (χ0n) is 8.49. The zero-order valence-corrected chi connectivity index (χ0v) is 9.31. The van der Waals surface area contributed by atoms with E-state index in [0.717, 1.165) is 25.7 Å². The molecule has 84 valence electrons. The second-order valence-corrected chi connectivity index (χ2v) is 5.63. The summed E-state index contributed by atoms with van der Waals surface area (Å²) in [4.78, 5) is 0. The lowest BCUT2D eigenvalue weighted by atomic mass is 9.77. The molecule has 1 rings (SSSR count). The van der Waals surface area contributed by atoms with Gasteiger partial charge in [-0.25, -0.2) is 5.14 Å². The Labute approximate surface area is 85.4 Å². The first kappa shape index (κ1) is 11.9. The highest BCUT2D eigenvalue weighted by molar-refractivity contribution is 7.87. The summed E-state index contributed by atoms with van der Waals surface area (Å²) in [7, 11) is -3.65. The topological polar surface area (TPSA) is 98.2 Å². The third-order valence-corrected chi connectivity index (χ3v) is 3.56. The Morgan fingerprint density at radius 1 is 1.57 bits per heavy atom. The Hall–Kier alpha value is -0.170. The van der Waals surface area contributed by atoms with Gasteiger partial charge in [0.1, 0.15) is 0 Å². The van der Waals surface area contributed by atoms with Crippen LogP contribution in [0.3, 0.4) is 0 Å². The first-order valence-corrected chi connectivity index (χ1v) is 6.43. The maximum absolute atomic E-state index is 11.0. The van der Waals surface area contributed by atoms with Crippen LogP contribution in [-0.4, -0.2) is 20.5 Å². The van der Waals surface area contributed by atoms with Gasteiger partial charge >= 0.3 is 0 Å². The summed E-state index contributed by atoms with van der Waals surface area (Å²) in [5.41, 5.74) is 5.12. The van der Waals surface area contributed by atoms with Gasteiger partial charge in [-0.15, -0.1) is 0 Å². The average Bonchev–Trinajstić information content (AvgIpc) is 2.01. The summed E-state index contributed by atoms with van der Waals surface area (Å²) in [5.74, 6) is 0.501. The molecular formula is C8H19N3O2S. The Kier molecular flexibility index (Phi) is 3.52. The van der Waals surface area contributed by atoms with Crippen molar-refractivity contribution in [1.29, 1.82) is 0 Å². The lowest BCUT2D eigenvalue weighted by Gasteiger charge is -2.38. The molecule has 0 saturated heterocycles.